The second-order valence-corrected chi connectivity index (χ2v) is 6.42. The third-order valence-electron chi connectivity index (χ3n) is 3.59. The van der Waals surface area contributed by atoms with Gasteiger partial charge in [0.2, 0.25) is 0 Å². The zero-order valence-electron chi connectivity index (χ0n) is 13.5. The first-order chi connectivity index (χ1) is 11.2. The van der Waals surface area contributed by atoms with Crippen molar-refractivity contribution in [1.82, 2.24) is 4.98 Å². The Kier molecular flexibility index (Phi) is 4.63. The fourth-order valence-electron chi connectivity index (χ4n) is 2.30. The molecule has 0 bridgehead atoms. The molecule has 0 N–H and O–H groups in total. The predicted octanol–water partition coefficient (Wildman–Crippen LogP) is 5.01. The van der Waals surface area contributed by atoms with Crippen molar-refractivity contribution < 1.29 is 9.47 Å². The summed E-state index contributed by atoms with van der Waals surface area (Å²) in [6.07, 6.45) is 0. The summed E-state index contributed by atoms with van der Waals surface area (Å²) >= 11 is 1.67. The van der Waals surface area contributed by atoms with Crippen LogP contribution in [-0.4, -0.2) is 12.1 Å². The molecule has 0 aliphatic rings. The van der Waals surface area contributed by atoms with Gasteiger partial charge in [0.05, 0.1) is 17.7 Å². The van der Waals surface area contributed by atoms with Gasteiger partial charge in [-0.3, -0.25) is 0 Å². The van der Waals surface area contributed by atoms with Gasteiger partial charge in [-0.05, 0) is 31.5 Å². The van der Waals surface area contributed by atoms with Crippen LogP contribution in [0.4, 0.5) is 0 Å². The van der Waals surface area contributed by atoms with E-state index in [0.717, 1.165) is 38.2 Å². The lowest BCUT2D eigenvalue weighted by molar-refractivity contribution is 0.286. The highest BCUT2D eigenvalue weighted by Crippen LogP contribution is 2.31. The summed E-state index contributed by atoms with van der Waals surface area (Å²) in [4.78, 5) is 5.79. The van der Waals surface area contributed by atoms with Crippen molar-refractivity contribution in [2.24, 2.45) is 0 Å². The van der Waals surface area contributed by atoms with Gasteiger partial charge in [0.1, 0.15) is 11.6 Å². The molecule has 3 rings (SSSR count). The highest BCUT2D eigenvalue weighted by molar-refractivity contribution is 7.15. The maximum absolute atomic E-state index is 5.94. The van der Waals surface area contributed by atoms with Gasteiger partial charge in [-0.2, -0.15) is 0 Å². The molecule has 2 aromatic carbocycles. The third kappa shape index (κ3) is 3.54. The minimum absolute atomic E-state index is 0.496. The maximum Gasteiger partial charge on any atom is 0.161 e. The van der Waals surface area contributed by atoms with Gasteiger partial charge in [0.15, 0.2) is 11.5 Å². The lowest BCUT2D eigenvalue weighted by Crippen LogP contribution is -1.97. The van der Waals surface area contributed by atoms with Crippen molar-refractivity contribution in [3.8, 4) is 22.1 Å². The van der Waals surface area contributed by atoms with E-state index in [9.17, 15) is 0 Å². The fraction of sp³-hybridized carbons (Fsp3) is 0.211. The number of benzene rings is 2. The van der Waals surface area contributed by atoms with E-state index in [0.29, 0.717) is 6.61 Å². The Balaban J connectivity index is 1.78. The number of thiazole rings is 1. The molecule has 0 atom stereocenters. The molecule has 0 radical (unpaired) electrons. The second-order valence-electron chi connectivity index (χ2n) is 5.34. The molecule has 0 spiro atoms. The molecule has 0 aliphatic carbocycles. The normalized spacial score (nSPS) is 10.6. The van der Waals surface area contributed by atoms with Gasteiger partial charge in [-0.25, -0.2) is 4.98 Å². The van der Waals surface area contributed by atoms with E-state index in [-0.39, 0.29) is 0 Å². The number of ether oxygens (including phenoxy) is 2. The molecule has 0 amide bonds. The van der Waals surface area contributed by atoms with E-state index >= 15 is 0 Å². The summed E-state index contributed by atoms with van der Waals surface area (Å²) in [6, 6.07) is 16.2. The van der Waals surface area contributed by atoms with Gasteiger partial charge >= 0.3 is 0 Å². The van der Waals surface area contributed by atoms with Gasteiger partial charge in [-0.15, -0.1) is 11.3 Å². The van der Waals surface area contributed by atoms with Crippen molar-refractivity contribution in [3.63, 3.8) is 0 Å². The number of methoxy groups -OCH3 is 1. The van der Waals surface area contributed by atoms with Crippen LogP contribution < -0.4 is 9.47 Å². The molecule has 118 valence electrons. The molecule has 4 heteroatoms. The monoisotopic (exact) mass is 325 g/mol. The summed E-state index contributed by atoms with van der Waals surface area (Å²) in [7, 11) is 1.66. The van der Waals surface area contributed by atoms with Crippen LogP contribution in [0.2, 0.25) is 0 Å². The van der Waals surface area contributed by atoms with Crippen LogP contribution in [-0.2, 0) is 6.61 Å². The summed E-state index contributed by atoms with van der Waals surface area (Å²) in [6.45, 7) is 4.55. The Morgan fingerprint density at radius 1 is 1.00 bits per heavy atom. The molecule has 1 heterocycles. The Labute approximate surface area is 140 Å². The van der Waals surface area contributed by atoms with Gasteiger partial charge in [-0.1, -0.05) is 36.4 Å². The minimum atomic E-state index is 0.496. The number of rotatable bonds is 5. The number of hydrogen-bond donors (Lipinski definition) is 0. The summed E-state index contributed by atoms with van der Waals surface area (Å²) in [5, 5.41) is 1.03. The number of nitrogens with zero attached hydrogens (tertiary/aromatic N) is 1. The first-order valence-corrected chi connectivity index (χ1v) is 8.28. The molecular weight excluding hydrogens is 306 g/mol. The number of aryl methyl sites for hydroxylation is 2. The lowest BCUT2D eigenvalue weighted by Gasteiger charge is -2.10. The lowest BCUT2D eigenvalue weighted by atomic mass is 10.2. The zero-order chi connectivity index (χ0) is 16.2. The summed E-state index contributed by atoms with van der Waals surface area (Å²) in [5.74, 6) is 1.52. The molecule has 0 unspecified atom stereocenters. The largest absolute Gasteiger partial charge is 0.493 e. The van der Waals surface area contributed by atoms with Gasteiger partial charge in [0, 0.05) is 5.56 Å². The highest BCUT2D eigenvalue weighted by atomic mass is 32.1. The van der Waals surface area contributed by atoms with E-state index in [1.54, 1.807) is 18.4 Å². The van der Waals surface area contributed by atoms with Gasteiger partial charge < -0.3 is 9.47 Å². The van der Waals surface area contributed by atoms with Crippen LogP contribution in [0.3, 0.4) is 0 Å². The smallest absolute Gasteiger partial charge is 0.161 e. The van der Waals surface area contributed by atoms with E-state index in [1.165, 1.54) is 0 Å². The third-order valence-corrected chi connectivity index (χ3v) is 4.77. The van der Waals surface area contributed by atoms with Crippen LogP contribution in [0, 0.1) is 13.8 Å². The Hall–Kier alpha value is -2.33. The molecule has 1 aromatic heterocycles. The van der Waals surface area contributed by atoms with E-state index in [1.807, 2.05) is 50.2 Å². The molecule has 0 fully saturated rings. The second kappa shape index (κ2) is 6.84. The molecule has 0 aliphatic heterocycles. The molecule has 0 saturated heterocycles. The SMILES string of the molecule is COc1cc(C)ccc1OCc1sc(-c2ccccc2)nc1C. The average Bonchev–Trinajstić information content (AvgIpc) is 2.95. The first-order valence-electron chi connectivity index (χ1n) is 7.46. The summed E-state index contributed by atoms with van der Waals surface area (Å²) in [5.41, 5.74) is 3.30. The van der Waals surface area contributed by atoms with Crippen molar-refractivity contribution in [3.05, 3.63) is 64.7 Å². The van der Waals surface area contributed by atoms with Crippen LogP contribution in [0.1, 0.15) is 16.1 Å². The van der Waals surface area contributed by atoms with E-state index in [2.05, 4.69) is 17.1 Å². The van der Waals surface area contributed by atoms with Crippen LogP contribution >= 0.6 is 11.3 Å². The molecule has 3 nitrogen and oxygen atoms in total. The highest BCUT2D eigenvalue weighted by Gasteiger charge is 2.11. The summed E-state index contributed by atoms with van der Waals surface area (Å²) < 4.78 is 11.3. The van der Waals surface area contributed by atoms with Crippen molar-refractivity contribution in [2.45, 2.75) is 20.5 Å². The topological polar surface area (TPSA) is 31.4 Å². The molecule has 3 aromatic rings. The van der Waals surface area contributed by atoms with Crippen LogP contribution in [0.15, 0.2) is 48.5 Å². The van der Waals surface area contributed by atoms with Crippen LogP contribution in [0.25, 0.3) is 10.6 Å². The zero-order valence-corrected chi connectivity index (χ0v) is 14.3. The van der Waals surface area contributed by atoms with E-state index < -0.39 is 0 Å². The molecule has 23 heavy (non-hydrogen) atoms. The van der Waals surface area contributed by atoms with Crippen molar-refractivity contribution in [2.75, 3.05) is 7.11 Å². The Bertz CT molecular complexity index is 796. The van der Waals surface area contributed by atoms with E-state index in [4.69, 9.17) is 9.47 Å². The maximum atomic E-state index is 5.94. The standard InChI is InChI=1S/C19H19NO2S/c1-13-9-10-16(17(11-13)21-3)22-12-18-14(2)20-19(23-18)15-7-5-4-6-8-15/h4-11H,12H2,1-3H3. The predicted molar refractivity (Wildman–Crippen MR) is 94.4 cm³/mol. The Morgan fingerprint density at radius 3 is 2.52 bits per heavy atom. The number of aromatic nitrogens is 1. The first kappa shape index (κ1) is 15.6. The average molecular weight is 325 g/mol. The quantitative estimate of drug-likeness (QED) is 0.660. The molecular formula is C19H19NO2S. The molecule has 0 saturated carbocycles. The minimum Gasteiger partial charge on any atom is -0.493 e. The van der Waals surface area contributed by atoms with Crippen molar-refractivity contribution >= 4 is 11.3 Å². The number of hydrogen-bond acceptors (Lipinski definition) is 4. The Morgan fingerprint density at radius 2 is 1.78 bits per heavy atom. The van der Waals surface area contributed by atoms with Crippen LogP contribution in [0.5, 0.6) is 11.5 Å². The van der Waals surface area contributed by atoms with Crippen molar-refractivity contribution in [1.29, 1.82) is 0 Å². The van der Waals surface area contributed by atoms with Gasteiger partial charge in [0.25, 0.3) is 0 Å². The fourth-order valence-corrected chi connectivity index (χ4v) is 3.28.